The van der Waals surface area contributed by atoms with E-state index < -0.39 is 0 Å². The van der Waals surface area contributed by atoms with Crippen LogP contribution in [0.25, 0.3) is 0 Å². The summed E-state index contributed by atoms with van der Waals surface area (Å²) in [6, 6.07) is 2.06. The molecule has 0 atom stereocenters. The van der Waals surface area contributed by atoms with Crippen LogP contribution in [0.4, 0.5) is 0 Å². The number of hydrogen-bond acceptors (Lipinski definition) is 3. The molecule has 1 heterocycles. The Bertz CT molecular complexity index is 423. The molecule has 4 heteroatoms. The fourth-order valence-corrected chi connectivity index (χ4v) is 3.62. The molecule has 0 amide bonds. The molecule has 0 radical (unpaired) electrons. The van der Waals surface area contributed by atoms with E-state index in [1.165, 1.54) is 19.3 Å². The first-order valence-corrected chi connectivity index (χ1v) is 6.64. The zero-order valence-electron chi connectivity index (χ0n) is 8.86. The molecule has 0 N–H and O–H groups in total. The van der Waals surface area contributed by atoms with Gasteiger partial charge in [-0.2, -0.15) is 0 Å². The van der Waals surface area contributed by atoms with Crippen LogP contribution >= 0.6 is 23.6 Å². The van der Waals surface area contributed by atoms with E-state index in [-0.39, 0.29) is 5.56 Å². The maximum Gasteiger partial charge on any atom is 0.253 e. The van der Waals surface area contributed by atoms with Crippen LogP contribution in [-0.4, -0.2) is 4.57 Å². The van der Waals surface area contributed by atoms with Crippen molar-refractivity contribution >= 4 is 23.6 Å². The molecule has 15 heavy (non-hydrogen) atoms. The van der Waals surface area contributed by atoms with Crippen LogP contribution in [0.3, 0.4) is 0 Å². The van der Waals surface area contributed by atoms with Crippen molar-refractivity contribution in [1.29, 1.82) is 0 Å². The largest absolute Gasteiger partial charge is 0.288 e. The zero-order chi connectivity index (χ0) is 10.8. The molecule has 0 aliphatic heterocycles. The Labute approximate surface area is 98.6 Å². The van der Waals surface area contributed by atoms with Gasteiger partial charge in [-0.3, -0.25) is 9.36 Å². The molecule has 1 fully saturated rings. The second kappa shape index (κ2) is 4.58. The van der Waals surface area contributed by atoms with Gasteiger partial charge in [0, 0.05) is 17.0 Å². The number of aryl methyl sites for hydroxylation is 1. The Morgan fingerprint density at radius 3 is 2.67 bits per heavy atom. The van der Waals surface area contributed by atoms with E-state index in [1.54, 1.807) is 17.4 Å². The first-order chi connectivity index (χ1) is 7.18. The zero-order valence-corrected chi connectivity index (χ0v) is 10.5. The smallest absolute Gasteiger partial charge is 0.253 e. The summed E-state index contributed by atoms with van der Waals surface area (Å²) in [5.41, 5.74) is 0.0862. The number of nitrogens with zero attached hydrogens (tertiary/aromatic N) is 1. The first-order valence-electron chi connectivity index (χ1n) is 5.42. The van der Waals surface area contributed by atoms with Crippen molar-refractivity contribution in [1.82, 2.24) is 4.57 Å². The van der Waals surface area contributed by atoms with E-state index in [2.05, 4.69) is 0 Å². The summed E-state index contributed by atoms with van der Waals surface area (Å²) in [5, 5.41) is 0. The Morgan fingerprint density at radius 1 is 1.40 bits per heavy atom. The van der Waals surface area contributed by atoms with Gasteiger partial charge in [0.1, 0.15) is 0 Å². The van der Waals surface area contributed by atoms with Crippen LogP contribution < -0.4 is 5.56 Å². The molecule has 1 aromatic rings. The van der Waals surface area contributed by atoms with Crippen LogP contribution in [0.5, 0.6) is 0 Å². The van der Waals surface area contributed by atoms with Crippen LogP contribution in [0.15, 0.2) is 10.9 Å². The van der Waals surface area contributed by atoms with Gasteiger partial charge in [0.2, 0.25) is 0 Å². The molecule has 82 valence electrons. The summed E-state index contributed by atoms with van der Waals surface area (Å²) < 4.78 is 2.57. The van der Waals surface area contributed by atoms with E-state index >= 15 is 0 Å². The molecule has 0 saturated heterocycles. The molecule has 1 aliphatic carbocycles. The third-order valence-corrected chi connectivity index (χ3v) is 4.21. The van der Waals surface area contributed by atoms with Gasteiger partial charge < -0.3 is 0 Å². The second-order valence-corrected chi connectivity index (χ2v) is 6.00. The lowest BCUT2D eigenvalue weighted by atomic mass is 9.95. The molecule has 1 aliphatic rings. The maximum atomic E-state index is 11.9. The van der Waals surface area contributed by atoms with Gasteiger partial charge in [0.05, 0.1) is 0 Å². The fourth-order valence-electron chi connectivity index (χ4n) is 2.22. The van der Waals surface area contributed by atoms with Crippen molar-refractivity contribution in [2.45, 2.75) is 45.1 Å². The average Bonchev–Trinajstić information content (AvgIpc) is 2.17. The lowest BCUT2D eigenvalue weighted by Crippen LogP contribution is -2.25. The van der Waals surface area contributed by atoms with Crippen molar-refractivity contribution in [3.05, 3.63) is 25.3 Å². The third kappa shape index (κ3) is 2.37. The summed E-state index contributed by atoms with van der Waals surface area (Å²) in [5.74, 6) is 0. The van der Waals surface area contributed by atoms with Gasteiger partial charge >= 0.3 is 0 Å². The minimum Gasteiger partial charge on any atom is -0.288 e. The fraction of sp³-hybridized carbons (Fsp3) is 0.636. The van der Waals surface area contributed by atoms with Crippen LogP contribution in [0, 0.1) is 10.9 Å². The highest BCUT2D eigenvalue weighted by atomic mass is 32.1. The van der Waals surface area contributed by atoms with Gasteiger partial charge in [-0.15, -0.1) is 11.3 Å². The highest BCUT2D eigenvalue weighted by molar-refractivity contribution is 7.73. The molecular formula is C11H15NOS2. The topological polar surface area (TPSA) is 22.0 Å². The minimum absolute atomic E-state index is 0.0862. The maximum absolute atomic E-state index is 11.9. The van der Waals surface area contributed by atoms with E-state index in [0.717, 1.165) is 21.7 Å². The Kier molecular flexibility index (Phi) is 3.36. The number of rotatable bonds is 1. The van der Waals surface area contributed by atoms with Gasteiger partial charge in [-0.1, -0.05) is 19.3 Å². The van der Waals surface area contributed by atoms with Crippen LogP contribution in [-0.2, 0) is 0 Å². The molecule has 2 nitrogen and oxygen atoms in total. The summed E-state index contributed by atoms with van der Waals surface area (Å²) in [6.07, 6.45) is 5.97. The summed E-state index contributed by atoms with van der Waals surface area (Å²) in [4.78, 5) is 12.9. The van der Waals surface area contributed by atoms with Crippen molar-refractivity contribution in [2.75, 3.05) is 0 Å². The van der Waals surface area contributed by atoms with Crippen molar-refractivity contribution < 1.29 is 0 Å². The third-order valence-electron chi connectivity index (χ3n) is 2.95. The van der Waals surface area contributed by atoms with E-state index in [0.29, 0.717) is 6.04 Å². The van der Waals surface area contributed by atoms with E-state index in [1.807, 2.05) is 11.5 Å². The monoisotopic (exact) mass is 241 g/mol. The molecule has 2 rings (SSSR count). The molecule has 0 bridgehead atoms. The minimum atomic E-state index is 0.0862. The highest BCUT2D eigenvalue weighted by Crippen LogP contribution is 2.27. The van der Waals surface area contributed by atoms with Gasteiger partial charge in [0.15, 0.2) is 3.95 Å². The van der Waals surface area contributed by atoms with E-state index in [4.69, 9.17) is 12.2 Å². The summed E-state index contributed by atoms with van der Waals surface area (Å²) in [6.45, 7) is 1.94. The van der Waals surface area contributed by atoms with Gasteiger partial charge in [-0.05, 0) is 32.0 Å². The van der Waals surface area contributed by atoms with Crippen LogP contribution in [0.2, 0.25) is 0 Å². The normalized spacial score (nSPS) is 17.9. The molecule has 0 aromatic carbocycles. The lowest BCUT2D eigenvalue weighted by Gasteiger charge is -2.23. The molecular weight excluding hydrogens is 226 g/mol. The number of hydrogen-bond donors (Lipinski definition) is 0. The predicted octanol–water partition coefficient (Wildman–Crippen LogP) is 3.45. The van der Waals surface area contributed by atoms with Crippen LogP contribution in [0.1, 0.15) is 43.0 Å². The second-order valence-electron chi connectivity index (χ2n) is 4.12. The first kappa shape index (κ1) is 11.0. The number of aromatic nitrogens is 1. The van der Waals surface area contributed by atoms with Crippen molar-refractivity contribution in [3.63, 3.8) is 0 Å². The predicted molar refractivity (Wildman–Crippen MR) is 66.3 cm³/mol. The standard InChI is InChI=1S/C11H15NOS2/c1-8-7-10(13)12(11(14)15-8)9-5-3-2-4-6-9/h7,9H,2-6H2,1H3. The molecule has 1 aromatic heterocycles. The molecule has 0 unspecified atom stereocenters. The molecule has 1 saturated carbocycles. The Hall–Kier alpha value is -0.480. The quantitative estimate of drug-likeness (QED) is 0.702. The summed E-state index contributed by atoms with van der Waals surface area (Å²) >= 11 is 6.83. The Morgan fingerprint density at radius 2 is 2.07 bits per heavy atom. The Balaban J connectivity index is 2.43. The molecule has 0 spiro atoms. The SMILES string of the molecule is Cc1cc(=O)n(C2CCCCC2)c(=S)s1. The van der Waals surface area contributed by atoms with E-state index in [9.17, 15) is 4.79 Å². The van der Waals surface area contributed by atoms with Gasteiger partial charge in [-0.25, -0.2) is 0 Å². The van der Waals surface area contributed by atoms with Crippen molar-refractivity contribution in [2.24, 2.45) is 0 Å². The average molecular weight is 241 g/mol. The lowest BCUT2D eigenvalue weighted by molar-refractivity contribution is 0.346. The van der Waals surface area contributed by atoms with Crippen molar-refractivity contribution in [3.8, 4) is 0 Å². The van der Waals surface area contributed by atoms with Gasteiger partial charge in [0.25, 0.3) is 5.56 Å². The highest BCUT2D eigenvalue weighted by Gasteiger charge is 2.17. The summed E-state index contributed by atoms with van der Waals surface area (Å²) in [7, 11) is 0.